The highest BCUT2D eigenvalue weighted by Gasteiger charge is 2.28. The molecule has 1 aromatic heterocycles. The van der Waals surface area contributed by atoms with Gasteiger partial charge in [-0.05, 0) is 45.6 Å². The molecule has 0 unspecified atom stereocenters. The van der Waals surface area contributed by atoms with Crippen molar-refractivity contribution in [3.63, 3.8) is 0 Å². The van der Waals surface area contributed by atoms with E-state index in [1.165, 1.54) is 24.4 Å². The number of likely N-dealkylation sites (tertiary alicyclic amines) is 1. The Morgan fingerprint density at radius 1 is 1.31 bits per heavy atom. The number of benzene rings is 1. The van der Waals surface area contributed by atoms with Crippen LogP contribution in [0, 0.1) is 16.0 Å². The fraction of sp³-hybridized carbons (Fsp3) is 0.526. The third-order valence-corrected chi connectivity index (χ3v) is 6.04. The number of aromatic nitrogens is 2. The number of piperidine rings is 1. The molecule has 3 rings (SSSR count). The van der Waals surface area contributed by atoms with Crippen molar-refractivity contribution in [3.05, 3.63) is 34.5 Å². The fourth-order valence-electron chi connectivity index (χ4n) is 3.11. The van der Waals surface area contributed by atoms with E-state index in [0.29, 0.717) is 34.9 Å². The number of non-ortho nitro benzene ring substituents is 1. The van der Waals surface area contributed by atoms with Crippen LogP contribution < -0.4 is 0 Å². The Morgan fingerprint density at radius 2 is 2.00 bits per heavy atom. The minimum atomic E-state index is -1.33. The summed E-state index contributed by atoms with van der Waals surface area (Å²) in [5, 5.41) is 11.2. The van der Waals surface area contributed by atoms with Gasteiger partial charge in [0.25, 0.3) is 5.69 Å². The van der Waals surface area contributed by atoms with Crippen molar-refractivity contribution in [3.8, 4) is 0 Å². The van der Waals surface area contributed by atoms with Gasteiger partial charge in [0, 0.05) is 31.0 Å². The number of nitro groups is 1. The normalized spacial score (nSPS) is 16.6. The predicted molar refractivity (Wildman–Crippen MR) is 108 cm³/mol. The molecule has 0 spiro atoms. The molecule has 1 atom stereocenters. The average Bonchev–Trinajstić information content (AvgIpc) is 2.66. The van der Waals surface area contributed by atoms with Crippen LogP contribution >= 0.6 is 0 Å². The SMILES string of the molecule is CC(C)(C)OC(=O)N1CCC(C[S@](=O)c2cnc3cc([N+](=O)[O-])ccc3n2)CC1. The molecule has 0 aliphatic carbocycles. The summed E-state index contributed by atoms with van der Waals surface area (Å²) in [4.78, 5) is 32.7. The first-order chi connectivity index (χ1) is 13.6. The van der Waals surface area contributed by atoms with Crippen molar-refractivity contribution in [2.75, 3.05) is 18.8 Å². The van der Waals surface area contributed by atoms with E-state index in [0.717, 1.165) is 12.8 Å². The quantitative estimate of drug-likeness (QED) is 0.550. The standard InChI is InChI=1S/C19H24N4O5S/c1-19(2,3)28-18(24)22-8-6-13(7-9-22)12-29(27)17-11-20-16-10-14(23(25)26)4-5-15(16)21-17/h4-5,10-11,13H,6-9,12H2,1-3H3/t29-/m0/s1. The van der Waals surface area contributed by atoms with Crippen molar-refractivity contribution in [1.29, 1.82) is 0 Å². The molecule has 10 heteroatoms. The van der Waals surface area contributed by atoms with Gasteiger partial charge in [-0.15, -0.1) is 0 Å². The van der Waals surface area contributed by atoms with Crippen LogP contribution in [0.25, 0.3) is 11.0 Å². The first-order valence-electron chi connectivity index (χ1n) is 9.40. The number of nitrogens with zero attached hydrogens (tertiary/aromatic N) is 4. The second kappa shape index (κ2) is 8.40. The molecule has 29 heavy (non-hydrogen) atoms. The number of amides is 1. The predicted octanol–water partition coefficient (Wildman–Crippen LogP) is 3.29. The van der Waals surface area contributed by atoms with Gasteiger partial charge in [-0.1, -0.05) is 0 Å². The van der Waals surface area contributed by atoms with Crippen LogP contribution in [0.3, 0.4) is 0 Å². The Bertz CT molecular complexity index is 951. The molecule has 9 nitrogen and oxygen atoms in total. The molecule has 156 valence electrons. The molecular formula is C19H24N4O5S. The smallest absolute Gasteiger partial charge is 0.410 e. The molecule has 1 fully saturated rings. The van der Waals surface area contributed by atoms with E-state index >= 15 is 0 Å². The average molecular weight is 420 g/mol. The lowest BCUT2D eigenvalue weighted by molar-refractivity contribution is -0.384. The van der Waals surface area contributed by atoms with Crippen LogP contribution in [0.15, 0.2) is 29.4 Å². The topological polar surface area (TPSA) is 116 Å². The zero-order valence-electron chi connectivity index (χ0n) is 16.7. The number of nitro benzene ring substituents is 1. The Hall–Kier alpha value is -2.62. The molecule has 1 aromatic carbocycles. The summed E-state index contributed by atoms with van der Waals surface area (Å²) in [6, 6.07) is 4.22. The van der Waals surface area contributed by atoms with Crippen molar-refractivity contribution >= 4 is 33.6 Å². The van der Waals surface area contributed by atoms with Gasteiger partial charge in [0.15, 0.2) is 0 Å². The lowest BCUT2D eigenvalue weighted by Crippen LogP contribution is -2.42. The summed E-state index contributed by atoms with van der Waals surface area (Å²) in [6.45, 7) is 6.66. The summed E-state index contributed by atoms with van der Waals surface area (Å²) in [5.74, 6) is 0.652. The molecular weight excluding hydrogens is 396 g/mol. The molecule has 0 N–H and O–H groups in total. The molecule has 1 aliphatic rings. The number of carbonyl (C=O) groups excluding carboxylic acids is 1. The van der Waals surface area contributed by atoms with Crippen LogP contribution in [0.2, 0.25) is 0 Å². The highest BCUT2D eigenvalue weighted by Crippen LogP contribution is 2.23. The van der Waals surface area contributed by atoms with Crippen LogP contribution in [0.1, 0.15) is 33.6 Å². The van der Waals surface area contributed by atoms with Crippen molar-refractivity contribution in [1.82, 2.24) is 14.9 Å². The minimum absolute atomic E-state index is 0.0579. The number of fused-ring (bicyclic) bond motifs is 1. The molecule has 1 amide bonds. The number of hydrogen-bond donors (Lipinski definition) is 0. The fourth-order valence-corrected chi connectivity index (χ4v) is 4.42. The van der Waals surface area contributed by atoms with E-state index < -0.39 is 21.3 Å². The number of rotatable bonds is 4. The molecule has 1 saturated heterocycles. The van der Waals surface area contributed by atoms with E-state index in [4.69, 9.17) is 4.74 Å². The van der Waals surface area contributed by atoms with Gasteiger partial charge in [-0.3, -0.25) is 19.3 Å². The van der Waals surface area contributed by atoms with Crippen LogP contribution in [-0.2, 0) is 15.5 Å². The monoisotopic (exact) mass is 420 g/mol. The molecule has 2 heterocycles. The molecule has 0 bridgehead atoms. The van der Waals surface area contributed by atoms with E-state index in [9.17, 15) is 19.1 Å². The third kappa shape index (κ3) is 5.47. The minimum Gasteiger partial charge on any atom is -0.444 e. The maximum absolute atomic E-state index is 12.7. The largest absolute Gasteiger partial charge is 0.444 e. The second-order valence-electron chi connectivity index (χ2n) is 8.06. The van der Waals surface area contributed by atoms with Gasteiger partial charge in [-0.2, -0.15) is 0 Å². The van der Waals surface area contributed by atoms with Crippen LogP contribution in [0.4, 0.5) is 10.5 Å². The first kappa shape index (κ1) is 21.1. The molecule has 0 radical (unpaired) electrons. The summed E-state index contributed by atoms with van der Waals surface area (Å²) in [7, 11) is -1.33. The second-order valence-corrected chi connectivity index (χ2v) is 9.50. The van der Waals surface area contributed by atoms with Gasteiger partial charge in [0.2, 0.25) is 0 Å². The van der Waals surface area contributed by atoms with E-state index in [1.807, 2.05) is 20.8 Å². The zero-order chi connectivity index (χ0) is 21.2. The van der Waals surface area contributed by atoms with Gasteiger partial charge < -0.3 is 9.64 Å². The maximum Gasteiger partial charge on any atom is 0.410 e. The van der Waals surface area contributed by atoms with E-state index in [2.05, 4.69) is 9.97 Å². The highest BCUT2D eigenvalue weighted by molar-refractivity contribution is 7.84. The Kier molecular flexibility index (Phi) is 6.11. The van der Waals surface area contributed by atoms with Gasteiger partial charge in [0.05, 0.1) is 33.0 Å². The third-order valence-electron chi connectivity index (χ3n) is 4.60. The van der Waals surface area contributed by atoms with Crippen LogP contribution in [0.5, 0.6) is 0 Å². The van der Waals surface area contributed by atoms with Gasteiger partial charge in [-0.25, -0.2) is 9.78 Å². The number of ether oxygens (including phenoxy) is 1. The summed E-state index contributed by atoms with van der Waals surface area (Å²) < 4.78 is 18.1. The first-order valence-corrected chi connectivity index (χ1v) is 10.7. The van der Waals surface area contributed by atoms with Gasteiger partial charge >= 0.3 is 6.09 Å². The highest BCUT2D eigenvalue weighted by atomic mass is 32.2. The number of hydrogen-bond acceptors (Lipinski definition) is 7. The number of carbonyl (C=O) groups is 1. The summed E-state index contributed by atoms with van der Waals surface area (Å²) in [6.07, 6.45) is 2.60. The van der Waals surface area contributed by atoms with Crippen molar-refractivity contribution in [2.24, 2.45) is 5.92 Å². The Morgan fingerprint density at radius 3 is 2.62 bits per heavy atom. The molecule has 2 aromatic rings. The Labute approximate surface area is 171 Å². The summed E-state index contributed by atoms with van der Waals surface area (Å²) >= 11 is 0. The molecule has 0 saturated carbocycles. The lowest BCUT2D eigenvalue weighted by atomic mass is 9.99. The van der Waals surface area contributed by atoms with Crippen molar-refractivity contribution < 1.29 is 18.7 Å². The molecule has 1 aliphatic heterocycles. The van der Waals surface area contributed by atoms with Crippen LogP contribution in [-0.4, -0.2) is 54.5 Å². The zero-order valence-corrected chi connectivity index (χ0v) is 17.5. The Balaban J connectivity index is 1.59. The lowest BCUT2D eigenvalue weighted by Gasteiger charge is -2.33. The van der Waals surface area contributed by atoms with E-state index in [1.54, 1.807) is 4.90 Å². The van der Waals surface area contributed by atoms with Gasteiger partial charge in [0.1, 0.15) is 10.6 Å². The van der Waals surface area contributed by atoms with Crippen molar-refractivity contribution in [2.45, 2.75) is 44.2 Å². The summed E-state index contributed by atoms with van der Waals surface area (Å²) in [5.41, 5.74) is 0.286. The maximum atomic E-state index is 12.7. The van der Waals surface area contributed by atoms with E-state index in [-0.39, 0.29) is 17.7 Å².